The summed E-state index contributed by atoms with van der Waals surface area (Å²) in [6.45, 7) is 3.92. The van der Waals surface area contributed by atoms with Crippen molar-refractivity contribution in [3.63, 3.8) is 0 Å². The van der Waals surface area contributed by atoms with Crippen LogP contribution in [0.5, 0.6) is 5.75 Å². The number of ether oxygens (including phenoxy) is 1. The molecule has 184 valence electrons. The fourth-order valence-electron chi connectivity index (χ4n) is 3.27. The Balaban J connectivity index is 1.93. The zero-order valence-electron chi connectivity index (χ0n) is 19.1. The molecule has 0 atom stereocenters. The summed E-state index contributed by atoms with van der Waals surface area (Å²) in [4.78, 5) is 25.1. The third kappa shape index (κ3) is 6.99. The van der Waals surface area contributed by atoms with E-state index in [0.29, 0.717) is 11.1 Å². The van der Waals surface area contributed by atoms with E-state index in [1.807, 2.05) is 13.8 Å². The van der Waals surface area contributed by atoms with Gasteiger partial charge in [-0.25, -0.2) is 4.79 Å². The van der Waals surface area contributed by atoms with Crippen LogP contribution in [0.15, 0.2) is 71.4 Å². The Hall–Kier alpha value is -4.01. The van der Waals surface area contributed by atoms with Crippen molar-refractivity contribution in [1.29, 1.82) is 0 Å². The van der Waals surface area contributed by atoms with Crippen molar-refractivity contribution in [1.82, 2.24) is 0 Å². The summed E-state index contributed by atoms with van der Waals surface area (Å²) in [6, 6.07) is 12.7. The van der Waals surface area contributed by atoms with Gasteiger partial charge in [0.25, 0.3) is 5.91 Å². The number of carboxylic acid groups (broad SMARTS) is 1. The van der Waals surface area contributed by atoms with E-state index in [0.717, 1.165) is 18.2 Å². The number of anilines is 1. The van der Waals surface area contributed by atoms with Gasteiger partial charge in [-0.1, -0.05) is 38.1 Å². The number of furan rings is 1. The van der Waals surface area contributed by atoms with Crippen molar-refractivity contribution >= 4 is 23.6 Å². The Kier molecular flexibility index (Phi) is 8.01. The first-order chi connectivity index (χ1) is 16.5. The maximum absolute atomic E-state index is 13.4. The lowest BCUT2D eigenvalue weighted by Crippen LogP contribution is -2.34. The Labute approximate surface area is 200 Å². The molecule has 0 saturated carbocycles. The van der Waals surface area contributed by atoms with Gasteiger partial charge in [0, 0.05) is 12.6 Å². The molecule has 35 heavy (non-hydrogen) atoms. The van der Waals surface area contributed by atoms with Crippen molar-refractivity contribution in [3.8, 4) is 5.75 Å². The smallest absolute Gasteiger partial charge is 0.416 e. The quantitative estimate of drug-likeness (QED) is 0.360. The molecule has 0 saturated heterocycles. The minimum atomic E-state index is -4.59. The number of aliphatic carboxylic acids is 1. The summed E-state index contributed by atoms with van der Waals surface area (Å²) in [6.07, 6.45) is -0.829. The van der Waals surface area contributed by atoms with E-state index in [2.05, 4.69) is 0 Å². The molecule has 3 aromatic rings. The number of amides is 1. The summed E-state index contributed by atoms with van der Waals surface area (Å²) in [7, 11) is 0. The molecule has 0 bridgehead atoms. The van der Waals surface area contributed by atoms with Gasteiger partial charge in [-0.3, -0.25) is 4.79 Å². The third-order valence-corrected chi connectivity index (χ3v) is 4.90. The van der Waals surface area contributed by atoms with Gasteiger partial charge in [0.1, 0.15) is 12.4 Å². The van der Waals surface area contributed by atoms with E-state index in [1.54, 1.807) is 30.3 Å². The number of carbonyl (C=O) groups excluding carboxylic acids is 1. The minimum Gasteiger partial charge on any atom is -0.487 e. The van der Waals surface area contributed by atoms with Gasteiger partial charge in [-0.05, 0) is 53.5 Å². The van der Waals surface area contributed by atoms with Crippen LogP contribution in [0.2, 0.25) is 0 Å². The predicted octanol–water partition coefficient (Wildman–Crippen LogP) is 6.28. The number of rotatable bonds is 9. The van der Waals surface area contributed by atoms with Crippen molar-refractivity contribution < 1.29 is 37.0 Å². The van der Waals surface area contributed by atoms with Gasteiger partial charge >= 0.3 is 12.1 Å². The van der Waals surface area contributed by atoms with Gasteiger partial charge in [-0.15, -0.1) is 0 Å². The second kappa shape index (κ2) is 10.9. The Bertz CT molecular complexity index is 1180. The highest BCUT2D eigenvalue weighted by Gasteiger charge is 2.33. The molecule has 1 amide bonds. The first-order valence-electron chi connectivity index (χ1n) is 10.7. The molecule has 9 heteroatoms. The standard InChI is InChI=1S/C26H24F3NO5/c1-17(2)15-30(25(33)22-4-3-13-34-22)21-11-10-20(26(27,28)29)14-23(21)35-16-19-7-5-18(6-8-19)9-12-24(31)32/h3-14,17H,15-16H2,1-2H3,(H,31,32)/b12-9+. The van der Waals surface area contributed by atoms with Crippen LogP contribution in [-0.2, 0) is 17.6 Å². The Morgan fingerprint density at radius 3 is 2.40 bits per heavy atom. The lowest BCUT2D eigenvalue weighted by atomic mass is 10.1. The minimum absolute atomic E-state index is 0.00968. The molecule has 2 aromatic carbocycles. The maximum Gasteiger partial charge on any atom is 0.416 e. The van der Waals surface area contributed by atoms with Gasteiger partial charge in [0.15, 0.2) is 5.76 Å². The zero-order chi connectivity index (χ0) is 25.6. The number of benzene rings is 2. The summed E-state index contributed by atoms with van der Waals surface area (Å²) in [5.41, 5.74) is 0.575. The molecule has 0 fully saturated rings. The molecule has 1 N–H and O–H groups in total. The molecule has 1 heterocycles. The number of alkyl halides is 3. The molecule has 0 aliphatic carbocycles. The SMILES string of the molecule is CC(C)CN(C(=O)c1ccco1)c1ccc(C(F)(F)F)cc1OCc1ccc(/C=C/C(=O)O)cc1. The van der Waals surface area contributed by atoms with Gasteiger partial charge in [-0.2, -0.15) is 13.2 Å². The lowest BCUT2D eigenvalue weighted by Gasteiger charge is -2.26. The van der Waals surface area contributed by atoms with E-state index in [-0.39, 0.29) is 36.3 Å². The van der Waals surface area contributed by atoms with Crippen LogP contribution in [0.4, 0.5) is 18.9 Å². The molecule has 3 rings (SSSR count). The number of nitrogens with zero attached hydrogens (tertiary/aromatic N) is 1. The molecule has 6 nitrogen and oxygen atoms in total. The highest BCUT2D eigenvalue weighted by atomic mass is 19.4. The van der Waals surface area contributed by atoms with Crippen LogP contribution >= 0.6 is 0 Å². The van der Waals surface area contributed by atoms with E-state index in [9.17, 15) is 22.8 Å². The highest BCUT2D eigenvalue weighted by Crippen LogP contribution is 2.38. The van der Waals surface area contributed by atoms with Crippen molar-refractivity contribution in [3.05, 3.63) is 89.4 Å². The van der Waals surface area contributed by atoms with Crippen molar-refractivity contribution in [2.75, 3.05) is 11.4 Å². The largest absolute Gasteiger partial charge is 0.487 e. The number of hydrogen-bond acceptors (Lipinski definition) is 4. The second-order valence-electron chi connectivity index (χ2n) is 8.17. The predicted molar refractivity (Wildman–Crippen MR) is 124 cm³/mol. The second-order valence-corrected chi connectivity index (χ2v) is 8.17. The number of hydrogen-bond donors (Lipinski definition) is 1. The molecule has 0 unspecified atom stereocenters. The van der Waals surface area contributed by atoms with Gasteiger partial charge in [0.2, 0.25) is 0 Å². The summed E-state index contributed by atoms with van der Waals surface area (Å²) in [5.74, 6) is -1.61. The van der Waals surface area contributed by atoms with Crippen molar-refractivity contribution in [2.45, 2.75) is 26.6 Å². The molecule has 0 spiro atoms. The van der Waals surface area contributed by atoms with Crippen LogP contribution in [0, 0.1) is 5.92 Å². The molecule has 0 aliphatic rings. The van der Waals surface area contributed by atoms with Crippen LogP contribution in [0.3, 0.4) is 0 Å². The Morgan fingerprint density at radius 1 is 1.11 bits per heavy atom. The molecule has 1 aromatic heterocycles. The topological polar surface area (TPSA) is 80.0 Å². The van der Waals surface area contributed by atoms with Crippen molar-refractivity contribution in [2.24, 2.45) is 5.92 Å². The van der Waals surface area contributed by atoms with E-state index >= 15 is 0 Å². The maximum atomic E-state index is 13.4. The summed E-state index contributed by atoms with van der Waals surface area (Å²) >= 11 is 0. The first-order valence-corrected chi connectivity index (χ1v) is 10.7. The van der Waals surface area contributed by atoms with Crippen LogP contribution in [0.1, 0.15) is 41.1 Å². The van der Waals surface area contributed by atoms with E-state index in [4.69, 9.17) is 14.3 Å². The number of carbonyl (C=O) groups is 2. The first kappa shape index (κ1) is 25.6. The number of carboxylic acids is 1. The number of halogens is 3. The van der Waals surface area contributed by atoms with Gasteiger partial charge < -0.3 is 19.2 Å². The zero-order valence-corrected chi connectivity index (χ0v) is 19.1. The monoisotopic (exact) mass is 487 g/mol. The summed E-state index contributed by atoms with van der Waals surface area (Å²) in [5, 5.41) is 8.72. The van der Waals surface area contributed by atoms with E-state index < -0.39 is 23.6 Å². The van der Waals surface area contributed by atoms with Crippen LogP contribution in [-0.4, -0.2) is 23.5 Å². The molecule has 0 aliphatic heterocycles. The fraction of sp³-hybridized carbons (Fsp3) is 0.231. The fourth-order valence-corrected chi connectivity index (χ4v) is 3.27. The average molecular weight is 487 g/mol. The molecular weight excluding hydrogens is 463 g/mol. The van der Waals surface area contributed by atoms with E-state index in [1.165, 1.54) is 29.4 Å². The molecule has 0 radical (unpaired) electrons. The average Bonchev–Trinajstić information content (AvgIpc) is 3.34. The highest BCUT2D eigenvalue weighted by molar-refractivity contribution is 6.05. The van der Waals surface area contributed by atoms with Crippen LogP contribution < -0.4 is 9.64 Å². The normalized spacial score (nSPS) is 11.7. The van der Waals surface area contributed by atoms with Crippen LogP contribution in [0.25, 0.3) is 6.08 Å². The van der Waals surface area contributed by atoms with Gasteiger partial charge in [0.05, 0.1) is 17.5 Å². The molecular formula is C26H24F3NO5. The summed E-state index contributed by atoms with van der Waals surface area (Å²) < 4.78 is 51.3. The Morgan fingerprint density at radius 2 is 1.83 bits per heavy atom. The lowest BCUT2D eigenvalue weighted by molar-refractivity contribution is -0.137. The third-order valence-electron chi connectivity index (χ3n) is 4.90.